The van der Waals surface area contributed by atoms with Crippen LogP contribution >= 0.6 is 11.8 Å². The number of hydrogen-bond donors (Lipinski definition) is 2. The summed E-state index contributed by atoms with van der Waals surface area (Å²) >= 11 is 1.52. The van der Waals surface area contributed by atoms with Crippen LogP contribution in [-0.4, -0.2) is 34.8 Å². The molecule has 2 amide bonds. The molecule has 3 aromatic carbocycles. The normalized spacial score (nSPS) is 11.4. The maximum absolute atomic E-state index is 13.3. The molecule has 1 unspecified atom stereocenters. The molecule has 176 valence electrons. The molecule has 0 saturated carbocycles. The van der Waals surface area contributed by atoms with Gasteiger partial charge in [0.05, 0.1) is 4.92 Å². The number of nitrogens with zero attached hydrogens (tertiary/aromatic N) is 1. The molecule has 2 N–H and O–H groups in total. The Morgan fingerprint density at radius 1 is 1.06 bits per heavy atom. The standard InChI is InChI=1S/C24H22FN3O5S/c1-34-13-12-22(27-23(29)16-4-2-6-19(14-16)28(31)32)24(30)26-18-8-10-20(11-9-18)33-21-7-3-5-17(25)15-21/h2-11,14-15,22H,12-13H2,1H3,(H,26,30)(H,27,29). The summed E-state index contributed by atoms with van der Waals surface area (Å²) in [6.45, 7) is 0. The lowest BCUT2D eigenvalue weighted by Gasteiger charge is -2.18. The molecule has 34 heavy (non-hydrogen) atoms. The monoisotopic (exact) mass is 483 g/mol. The van der Waals surface area contributed by atoms with E-state index in [1.165, 1.54) is 48.2 Å². The minimum absolute atomic E-state index is 0.0926. The molecule has 0 aliphatic rings. The number of halogens is 1. The molecular formula is C24H22FN3O5S. The van der Waals surface area contributed by atoms with Crippen LogP contribution in [0, 0.1) is 15.9 Å². The lowest BCUT2D eigenvalue weighted by molar-refractivity contribution is -0.384. The van der Waals surface area contributed by atoms with Gasteiger partial charge in [-0.25, -0.2) is 4.39 Å². The number of nitro benzene ring substituents is 1. The van der Waals surface area contributed by atoms with Crippen molar-refractivity contribution in [1.82, 2.24) is 5.32 Å². The molecule has 10 heteroatoms. The van der Waals surface area contributed by atoms with Gasteiger partial charge in [0.15, 0.2) is 0 Å². The number of nitrogens with one attached hydrogen (secondary N) is 2. The Labute approximate surface area is 199 Å². The van der Waals surface area contributed by atoms with Crippen LogP contribution in [-0.2, 0) is 4.79 Å². The highest BCUT2D eigenvalue weighted by Gasteiger charge is 2.22. The number of nitro groups is 1. The number of ether oxygens (including phenoxy) is 1. The van der Waals surface area contributed by atoms with Gasteiger partial charge in [-0.05, 0) is 60.9 Å². The zero-order valence-electron chi connectivity index (χ0n) is 18.2. The van der Waals surface area contributed by atoms with Gasteiger partial charge in [0.2, 0.25) is 5.91 Å². The van der Waals surface area contributed by atoms with E-state index >= 15 is 0 Å². The number of benzene rings is 3. The van der Waals surface area contributed by atoms with Gasteiger partial charge in [0.25, 0.3) is 11.6 Å². The predicted octanol–water partition coefficient (Wildman–Crippen LogP) is 5.02. The Morgan fingerprint density at radius 3 is 2.47 bits per heavy atom. The number of hydrogen-bond acceptors (Lipinski definition) is 6. The summed E-state index contributed by atoms with van der Waals surface area (Å²) in [7, 11) is 0. The van der Waals surface area contributed by atoms with Crippen molar-refractivity contribution in [2.75, 3.05) is 17.3 Å². The first-order chi connectivity index (χ1) is 16.4. The third kappa shape index (κ3) is 7.04. The van der Waals surface area contributed by atoms with Crippen molar-refractivity contribution in [3.63, 3.8) is 0 Å². The molecule has 1 atom stereocenters. The fourth-order valence-corrected chi connectivity index (χ4v) is 3.48. The Hall–Kier alpha value is -3.92. The van der Waals surface area contributed by atoms with Crippen molar-refractivity contribution in [3.05, 3.63) is 94.3 Å². The summed E-state index contributed by atoms with van der Waals surface area (Å²) in [5, 5.41) is 16.4. The minimum Gasteiger partial charge on any atom is -0.457 e. The Bertz CT molecular complexity index is 1170. The number of thioether (sulfide) groups is 1. The molecule has 0 aromatic heterocycles. The van der Waals surface area contributed by atoms with Crippen molar-refractivity contribution in [2.24, 2.45) is 0 Å². The predicted molar refractivity (Wildman–Crippen MR) is 129 cm³/mol. The zero-order valence-corrected chi connectivity index (χ0v) is 19.0. The summed E-state index contributed by atoms with van der Waals surface area (Å²) in [6, 6.07) is 16.7. The average molecular weight is 484 g/mol. The van der Waals surface area contributed by atoms with E-state index in [1.807, 2.05) is 6.26 Å². The highest BCUT2D eigenvalue weighted by molar-refractivity contribution is 7.98. The van der Waals surface area contributed by atoms with Crippen LogP contribution in [0.3, 0.4) is 0 Å². The van der Waals surface area contributed by atoms with Crippen LogP contribution in [0.1, 0.15) is 16.8 Å². The van der Waals surface area contributed by atoms with Crippen LogP contribution in [0.5, 0.6) is 11.5 Å². The number of carbonyl (C=O) groups is 2. The molecule has 3 rings (SSSR count). The van der Waals surface area contributed by atoms with E-state index in [9.17, 15) is 24.1 Å². The van der Waals surface area contributed by atoms with Crippen LogP contribution in [0.2, 0.25) is 0 Å². The van der Waals surface area contributed by atoms with Gasteiger partial charge in [-0.2, -0.15) is 11.8 Å². The smallest absolute Gasteiger partial charge is 0.270 e. The SMILES string of the molecule is CSCCC(NC(=O)c1cccc([N+](=O)[O-])c1)C(=O)Nc1ccc(Oc2cccc(F)c2)cc1. The van der Waals surface area contributed by atoms with Gasteiger partial charge in [-0.3, -0.25) is 19.7 Å². The van der Waals surface area contributed by atoms with E-state index in [0.29, 0.717) is 29.4 Å². The fraction of sp³-hybridized carbons (Fsp3) is 0.167. The average Bonchev–Trinajstić information content (AvgIpc) is 2.83. The summed E-state index contributed by atoms with van der Waals surface area (Å²) < 4.78 is 18.9. The van der Waals surface area contributed by atoms with Crippen molar-refractivity contribution in [3.8, 4) is 11.5 Å². The van der Waals surface area contributed by atoms with Crippen molar-refractivity contribution < 1.29 is 23.6 Å². The van der Waals surface area contributed by atoms with Crippen molar-refractivity contribution >= 4 is 35.0 Å². The molecule has 0 saturated heterocycles. The Kier molecular flexibility index (Phi) is 8.58. The molecule has 3 aromatic rings. The van der Waals surface area contributed by atoms with Crippen molar-refractivity contribution in [1.29, 1.82) is 0 Å². The lowest BCUT2D eigenvalue weighted by Crippen LogP contribution is -2.44. The molecular weight excluding hydrogens is 461 g/mol. The Balaban J connectivity index is 1.66. The maximum atomic E-state index is 13.3. The third-order valence-electron chi connectivity index (χ3n) is 4.71. The van der Waals surface area contributed by atoms with E-state index in [4.69, 9.17) is 4.74 Å². The second-order valence-electron chi connectivity index (χ2n) is 7.19. The quantitative estimate of drug-likeness (QED) is 0.310. The van der Waals surface area contributed by atoms with Crippen LogP contribution in [0.15, 0.2) is 72.8 Å². The van der Waals surface area contributed by atoms with Gasteiger partial charge in [-0.15, -0.1) is 0 Å². The fourth-order valence-electron chi connectivity index (χ4n) is 3.01. The molecule has 0 radical (unpaired) electrons. The van der Waals surface area contributed by atoms with Crippen molar-refractivity contribution in [2.45, 2.75) is 12.5 Å². The first-order valence-corrected chi connectivity index (χ1v) is 11.6. The molecule has 0 heterocycles. The van der Waals surface area contributed by atoms with Crippen LogP contribution in [0.4, 0.5) is 15.8 Å². The summed E-state index contributed by atoms with van der Waals surface area (Å²) in [5.74, 6) is 0.00722. The summed E-state index contributed by atoms with van der Waals surface area (Å²) in [6.07, 6.45) is 2.25. The summed E-state index contributed by atoms with van der Waals surface area (Å²) in [4.78, 5) is 35.9. The van der Waals surface area contributed by atoms with E-state index in [-0.39, 0.29) is 11.3 Å². The van der Waals surface area contributed by atoms with Crippen LogP contribution in [0.25, 0.3) is 0 Å². The lowest BCUT2D eigenvalue weighted by atomic mass is 10.1. The van der Waals surface area contributed by atoms with Gasteiger partial charge in [0, 0.05) is 29.4 Å². The number of non-ortho nitro benzene ring substituents is 1. The van der Waals surface area contributed by atoms with Gasteiger partial charge in [0.1, 0.15) is 23.4 Å². The molecule has 8 nitrogen and oxygen atoms in total. The van der Waals surface area contributed by atoms with Gasteiger partial charge >= 0.3 is 0 Å². The number of rotatable bonds is 10. The van der Waals surface area contributed by atoms with Crippen LogP contribution < -0.4 is 15.4 Å². The largest absolute Gasteiger partial charge is 0.457 e. The molecule has 0 aliphatic carbocycles. The maximum Gasteiger partial charge on any atom is 0.270 e. The second-order valence-corrected chi connectivity index (χ2v) is 8.17. The Morgan fingerprint density at radius 2 is 1.79 bits per heavy atom. The zero-order chi connectivity index (χ0) is 24.5. The van der Waals surface area contributed by atoms with Gasteiger partial charge < -0.3 is 15.4 Å². The minimum atomic E-state index is -0.845. The number of amides is 2. The molecule has 0 spiro atoms. The van der Waals surface area contributed by atoms with E-state index in [0.717, 1.165) is 6.07 Å². The highest BCUT2D eigenvalue weighted by Crippen LogP contribution is 2.23. The summed E-state index contributed by atoms with van der Waals surface area (Å²) in [5.41, 5.74) is 0.364. The molecule has 0 aliphatic heterocycles. The third-order valence-corrected chi connectivity index (χ3v) is 5.35. The number of carbonyl (C=O) groups excluding carboxylic acids is 2. The molecule has 0 bridgehead atoms. The second kappa shape index (κ2) is 11.8. The van der Waals surface area contributed by atoms with Gasteiger partial charge in [-0.1, -0.05) is 12.1 Å². The van der Waals surface area contributed by atoms with E-state index < -0.39 is 28.6 Å². The highest BCUT2D eigenvalue weighted by atomic mass is 32.2. The first-order valence-electron chi connectivity index (χ1n) is 10.2. The number of anilines is 1. The van der Waals surface area contributed by atoms with E-state index in [1.54, 1.807) is 30.3 Å². The van der Waals surface area contributed by atoms with E-state index in [2.05, 4.69) is 10.6 Å². The first kappa shape index (κ1) is 24.7. The topological polar surface area (TPSA) is 111 Å². The molecule has 0 fully saturated rings.